The first kappa shape index (κ1) is 13.7. The first-order chi connectivity index (χ1) is 10.2. The smallest absolute Gasteiger partial charge is 0.357 e. The second kappa shape index (κ2) is 5.60. The molecule has 3 rings (SSSR count). The Morgan fingerprint density at radius 2 is 1.86 bits per heavy atom. The number of nitrogens with two attached hydrogens (primary N) is 1. The topological polar surface area (TPSA) is 81.1 Å². The number of aromatic carboxylic acids is 1. The number of carboxylic acid groups (broad SMARTS) is 1. The van der Waals surface area contributed by atoms with Crippen molar-refractivity contribution < 1.29 is 9.90 Å². The number of nitrogen functional groups attached to an aromatic ring is 1. The van der Waals surface area contributed by atoms with E-state index in [4.69, 9.17) is 5.73 Å². The van der Waals surface area contributed by atoms with Crippen LogP contribution in [-0.4, -0.2) is 20.9 Å². The zero-order valence-electron chi connectivity index (χ0n) is 11.8. The van der Waals surface area contributed by atoms with Crippen molar-refractivity contribution in [3.8, 4) is 11.1 Å². The molecule has 3 N–H and O–H groups in total. The van der Waals surface area contributed by atoms with Crippen molar-refractivity contribution in [3.63, 3.8) is 0 Å². The molecule has 0 unspecified atom stereocenters. The van der Waals surface area contributed by atoms with Gasteiger partial charge >= 0.3 is 5.97 Å². The third kappa shape index (κ3) is 2.51. The van der Waals surface area contributed by atoms with Crippen molar-refractivity contribution in [2.75, 3.05) is 5.73 Å². The Labute approximate surface area is 123 Å². The third-order valence-corrected chi connectivity index (χ3v) is 4.13. The Balaban J connectivity index is 2.10. The van der Waals surface area contributed by atoms with Gasteiger partial charge in [0.2, 0.25) is 0 Å². The van der Waals surface area contributed by atoms with E-state index < -0.39 is 5.97 Å². The first-order valence-electron chi connectivity index (χ1n) is 7.35. The summed E-state index contributed by atoms with van der Waals surface area (Å²) >= 11 is 0. The summed E-state index contributed by atoms with van der Waals surface area (Å²) in [7, 11) is 0. The van der Waals surface area contributed by atoms with Crippen molar-refractivity contribution in [3.05, 3.63) is 36.0 Å². The SMILES string of the molecule is Nc1c(-c2ccccc2)c(C(=O)O)nn1C1CCCCC1. The maximum atomic E-state index is 11.5. The molecule has 0 bridgehead atoms. The molecule has 1 aliphatic carbocycles. The zero-order valence-corrected chi connectivity index (χ0v) is 11.8. The lowest BCUT2D eigenvalue weighted by Gasteiger charge is -2.23. The van der Waals surface area contributed by atoms with Crippen LogP contribution in [0.3, 0.4) is 0 Å². The van der Waals surface area contributed by atoms with Crippen LogP contribution in [0, 0.1) is 0 Å². The van der Waals surface area contributed by atoms with Crippen LogP contribution in [0.5, 0.6) is 0 Å². The van der Waals surface area contributed by atoms with E-state index in [1.165, 1.54) is 6.42 Å². The number of hydrogen-bond donors (Lipinski definition) is 2. The highest BCUT2D eigenvalue weighted by atomic mass is 16.4. The molecule has 0 atom stereocenters. The van der Waals surface area contributed by atoms with E-state index in [1.54, 1.807) is 4.68 Å². The molecule has 0 aliphatic heterocycles. The van der Waals surface area contributed by atoms with Crippen LogP contribution in [0.2, 0.25) is 0 Å². The maximum Gasteiger partial charge on any atom is 0.357 e. The minimum Gasteiger partial charge on any atom is -0.476 e. The summed E-state index contributed by atoms with van der Waals surface area (Å²) in [5.41, 5.74) is 7.62. The molecule has 0 spiro atoms. The molecule has 1 aromatic heterocycles. The summed E-state index contributed by atoms with van der Waals surface area (Å²) in [6.45, 7) is 0. The Morgan fingerprint density at radius 3 is 2.48 bits per heavy atom. The van der Waals surface area contributed by atoms with Gasteiger partial charge in [0.05, 0.1) is 11.6 Å². The molecule has 5 nitrogen and oxygen atoms in total. The normalized spacial score (nSPS) is 16.0. The largest absolute Gasteiger partial charge is 0.476 e. The molecule has 0 radical (unpaired) electrons. The van der Waals surface area contributed by atoms with Crippen LogP contribution in [0.15, 0.2) is 30.3 Å². The standard InChI is InChI=1S/C16H19N3O2/c17-15-13(11-7-3-1-4-8-11)14(16(20)21)18-19(15)12-9-5-2-6-10-12/h1,3-4,7-8,12H,2,5-6,9-10,17H2,(H,20,21). The number of aromatic nitrogens is 2. The molecule has 21 heavy (non-hydrogen) atoms. The molecule has 0 saturated heterocycles. The van der Waals surface area contributed by atoms with E-state index in [0.29, 0.717) is 11.4 Å². The van der Waals surface area contributed by atoms with E-state index in [-0.39, 0.29) is 11.7 Å². The average Bonchev–Trinajstić information content (AvgIpc) is 2.87. The number of anilines is 1. The van der Waals surface area contributed by atoms with Gasteiger partial charge in [-0.05, 0) is 18.4 Å². The second-order valence-corrected chi connectivity index (χ2v) is 5.52. The van der Waals surface area contributed by atoms with Crippen molar-refractivity contribution in [2.24, 2.45) is 0 Å². The van der Waals surface area contributed by atoms with Crippen LogP contribution in [-0.2, 0) is 0 Å². The van der Waals surface area contributed by atoms with Gasteiger partial charge in [0.25, 0.3) is 0 Å². The number of carbonyl (C=O) groups is 1. The maximum absolute atomic E-state index is 11.5. The third-order valence-electron chi connectivity index (χ3n) is 4.13. The highest BCUT2D eigenvalue weighted by molar-refractivity contribution is 5.97. The molecule has 1 heterocycles. The molecule has 0 amide bonds. The van der Waals surface area contributed by atoms with Gasteiger partial charge in [0.15, 0.2) is 5.69 Å². The summed E-state index contributed by atoms with van der Waals surface area (Å²) < 4.78 is 1.73. The molecule has 2 aromatic rings. The Kier molecular flexibility index (Phi) is 3.64. The molecule has 5 heteroatoms. The Hall–Kier alpha value is -2.30. The van der Waals surface area contributed by atoms with Gasteiger partial charge in [0, 0.05) is 0 Å². The van der Waals surface area contributed by atoms with Gasteiger partial charge in [-0.2, -0.15) is 5.10 Å². The van der Waals surface area contributed by atoms with Crippen LogP contribution in [0.4, 0.5) is 5.82 Å². The molecule has 1 fully saturated rings. The van der Waals surface area contributed by atoms with Gasteiger partial charge < -0.3 is 10.8 Å². The minimum absolute atomic E-state index is 0.0456. The fraction of sp³-hybridized carbons (Fsp3) is 0.375. The van der Waals surface area contributed by atoms with E-state index in [1.807, 2.05) is 30.3 Å². The quantitative estimate of drug-likeness (QED) is 0.906. The average molecular weight is 285 g/mol. The Morgan fingerprint density at radius 1 is 1.19 bits per heavy atom. The summed E-state index contributed by atoms with van der Waals surface area (Å²) in [5.74, 6) is -0.569. The fourth-order valence-corrected chi connectivity index (χ4v) is 3.09. The van der Waals surface area contributed by atoms with E-state index >= 15 is 0 Å². The molecular weight excluding hydrogens is 266 g/mol. The Bertz CT molecular complexity index is 643. The van der Waals surface area contributed by atoms with Crippen molar-refractivity contribution in [1.29, 1.82) is 0 Å². The fourth-order valence-electron chi connectivity index (χ4n) is 3.09. The number of hydrogen-bond acceptors (Lipinski definition) is 3. The minimum atomic E-state index is -1.03. The number of nitrogens with zero attached hydrogens (tertiary/aromatic N) is 2. The van der Waals surface area contributed by atoms with Crippen LogP contribution in [0.1, 0.15) is 48.6 Å². The van der Waals surface area contributed by atoms with Crippen LogP contribution >= 0.6 is 0 Å². The lowest BCUT2D eigenvalue weighted by molar-refractivity contribution is 0.0689. The molecule has 110 valence electrons. The van der Waals surface area contributed by atoms with Crippen molar-refractivity contribution in [2.45, 2.75) is 38.1 Å². The number of carboxylic acids is 1. The summed E-state index contributed by atoms with van der Waals surface area (Å²) in [6, 6.07) is 9.59. The molecule has 1 aromatic carbocycles. The van der Waals surface area contributed by atoms with Gasteiger partial charge in [-0.1, -0.05) is 49.6 Å². The molecular formula is C16H19N3O2. The lowest BCUT2D eigenvalue weighted by atomic mass is 9.95. The highest BCUT2D eigenvalue weighted by Gasteiger charge is 2.26. The zero-order chi connectivity index (χ0) is 14.8. The van der Waals surface area contributed by atoms with E-state index in [9.17, 15) is 9.90 Å². The van der Waals surface area contributed by atoms with Crippen molar-refractivity contribution in [1.82, 2.24) is 9.78 Å². The highest BCUT2D eigenvalue weighted by Crippen LogP contribution is 2.35. The van der Waals surface area contributed by atoms with E-state index in [0.717, 1.165) is 31.2 Å². The van der Waals surface area contributed by atoms with E-state index in [2.05, 4.69) is 5.10 Å². The summed E-state index contributed by atoms with van der Waals surface area (Å²) in [5, 5.41) is 13.7. The predicted molar refractivity (Wildman–Crippen MR) is 81.2 cm³/mol. The monoisotopic (exact) mass is 285 g/mol. The van der Waals surface area contributed by atoms with Gasteiger partial charge in [-0.15, -0.1) is 0 Å². The predicted octanol–water partition coefficient (Wildman–Crippen LogP) is 3.34. The van der Waals surface area contributed by atoms with Gasteiger partial charge in [-0.3, -0.25) is 0 Å². The number of benzene rings is 1. The first-order valence-corrected chi connectivity index (χ1v) is 7.35. The summed E-state index contributed by atoms with van der Waals surface area (Å²) in [4.78, 5) is 11.5. The van der Waals surface area contributed by atoms with Crippen LogP contribution in [0.25, 0.3) is 11.1 Å². The lowest BCUT2D eigenvalue weighted by Crippen LogP contribution is -2.16. The second-order valence-electron chi connectivity index (χ2n) is 5.52. The van der Waals surface area contributed by atoms with Crippen LogP contribution < -0.4 is 5.73 Å². The van der Waals surface area contributed by atoms with Gasteiger partial charge in [-0.25, -0.2) is 9.48 Å². The molecule has 1 saturated carbocycles. The van der Waals surface area contributed by atoms with Gasteiger partial charge in [0.1, 0.15) is 5.82 Å². The molecule has 1 aliphatic rings. The summed E-state index contributed by atoms with van der Waals surface area (Å²) in [6.07, 6.45) is 5.55. The number of rotatable bonds is 3. The van der Waals surface area contributed by atoms with Crippen molar-refractivity contribution >= 4 is 11.8 Å².